The molecule has 0 unspecified atom stereocenters. The van der Waals surface area contributed by atoms with Crippen LogP contribution in [0.2, 0.25) is 0 Å². The van der Waals surface area contributed by atoms with Crippen LogP contribution in [0.5, 0.6) is 5.75 Å². The number of benzene rings is 2. The predicted molar refractivity (Wildman–Crippen MR) is 98.3 cm³/mol. The first kappa shape index (κ1) is 19.1. The first-order chi connectivity index (χ1) is 12.8. The second kappa shape index (κ2) is 7.91. The summed E-state index contributed by atoms with van der Waals surface area (Å²) < 4.78 is 51.7. The quantitative estimate of drug-likeness (QED) is 0.841. The van der Waals surface area contributed by atoms with Gasteiger partial charge < -0.3 is 15.0 Å². The van der Waals surface area contributed by atoms with E-state index in [0.717, 1.165) is 5.69 Å². The molecule has 0 radical (unpaired) electrons. The highest BCUT2D eigenvalue weighted by molar-refractivity contribution is 7.91. The highest BCUT2D eigenvalue weighted by Crippen LogP contribution is 2.22. The van der Waals surface area contributed by atoms with Crippen LogP contribution >= 0.6 is 0 Å². The molecule has 0 spiro atoms. The van der Waals surface area contributed by atoms with E-state index >= 15 is 0 Å². The zero-order chi connectivity index (χ0) is 19.4. The lowest BCUT2D eigenvalue weighted by atomic mass is 10.2. The van der Waals surface area contributed by atoms with Crippen LogP contribution in [0.15, 0.2) is 48.5 Å². The topological polar surface area (TPSA) is 75.7 Å². The van der Waals surface area contributed by atoms with Crippen molar-refractivity contribution >= 4 is 27.1 Å². The van der Waals surface area contributed by atoms with E-state index in [1.807, 2.05) is 11.0 Å². The van der Waals surface area contributed by atoms with Gasteiger partial charge in [0.1, 0.15) is 5.75 Å². The van der Waals surface area contributed by atoms with E-state index in [2.05, 4.69) is 10.1 Å². The van der Waals surface area contributed by atoms with Gasteiger partial charge in [-0.15, -0.1) is 0 Å². The van der Waals surface area contributed by atoms with Crippen molar-refractivity contribution in [3.63, 3.8) is 0 Å². The van der Waals surface area contributed by atoms with Gasteiger partial charge in [-0.05, 0) is 42.5 Å². The largest absolute Gasteiger partial charge is 0.435 e. The molecule has 0 aliphatic carbocycles. The minimum atomic E-state index is -2.97. The van der Waals surface area contributed by atoms with Crippen LogP contribution in [0.3, 0.4) is 0 Å². The molecule has 6 nitrogen and oxygen atoms in total. The second-order valence-corrected chi connectivity index (χ2v) is 8.35. The maximum atomic E-state index is 12.3. The van der Waals surface area contributed by atoms with Gasteiger partial charge in [0.05, 0.1) is 11.5 Å². The molecule has 3 rings (SSSR count). The van der Waals surface area contributed by atoms with Crippen LogP contribution in [0.1, 0.15) is 10.4 Å². The number of anilines is 2. The van der Waals surface area contributed by atoms with Crippen molar-refractivity contribution in [2.45, 2.75) is 6.61 Å². The Bertz CT molecular complexity index is 903. The van der Waals surface area contributed by atoms with E-state index in [0.29, 0.717) is 24.3 Å². The summed E-state index contributed by atoms with van der Waals surface area (Å²) in [6.07, 6.45) is 0. The molecule has 1 amide bonds. The van der Waals surface area contributed by atoms with E-state index < -0.39 is 22.4 Å². The summed E-state index contributed by atoms with van der Waals surface area (Å²) in [6.45, 7) is -2.10. The van der Waals surface area contributed by atoms with Gasteiger partial charge in [0.25, 0.3) is 5.91 Å². The lowest BCUT2D eigenvalue weighted by Crippen LogP contribution is -2.40. The summed E-state index contributed by atoms with van der Waals surface area (Å²) in [5.74, 6) is -0.201. The Hall–Kier alpha value is -2.68. The number of halogens is 2. The number of nitrogens with zero attached hydrogens (tertiary/aromatic N) is 1. The Labute approximate surface area is 155 Å². The molecule has 1 aliphatic heterocycles. The Kier molecular flexibility index (Phi) is 5.59. The van der Waals surface area contributed by atoms with Gasteiger partial charge in [-0.1, -0.05) is 6.07 Å². The summed E-state index contributed by atoms with van der Waals surface area (Å²) in [5.41, 5.74) is 1.67. The van der Waals surface area contributed by atoms with Crippen LogP contribution in [0, 0.1) is 0 Å². The van der Waals surface area contributed by atoms with Gasteiger partial charge in [-0.2, -0.15) is 8.78 Å². The zero-order valence-corrected chi connectivity index (χ0v) is 15.1. The van der Waals surface area contributed by atoms with E-state index in [9.17, 15) is 22.0 Å². The molecule has 144 valence electrons. The van der Waals surface area contributed by atoms with Crippen molar-refractivity contribution in [3.05, 3.63) is 54.1 Å². The highest BCUT2D eigenvalue weighted by Gasteiger charge is 2.22. The molecule has 1 N–H and O–H groups in total. The summed E-state index contributed by atoms with van der Waals surface area (Å²) in [4.78, 5) is 14.3. The molecular formula is C18H18F2N2O4S. The average Bonchev–Trinajstić information content (AvgIpc) is 2.62. The Morgan fingerprint density at radius 2 is 1.74 bits per heavy atom. The van der Waals surface area contributed by atoms with Gasteiger partial charge in [-0.25, -0.2) is 8.42 Å². The van der Waals surface area contributed by atoms with E-state index in [4.69, 9.17) is 0 Å². The first-order valence-corrected chi connectivity index (χ1v) is 10.1. The van der Waals surface area contributed by atoms with Crippen LogP contribution in [-0.4, -0.2) is 45.5 Å². The maximum Gasteiger partial charge on any atom is 0.387 e. The summed E-state index contributed by atoms with van der Waals surface area (Å²) in [5, 5.41) is 2.74. The van der Waals surface area contributed by atoms with E-state index in [1.54, 1.807) is 18.2 Å². The molecule has 0 saturated carbocycles. The number of rotatable bonds is 5. The Morgan fingerprint density at radius 1 is 1.07 bits per heavy atom. The fourth-order valence-electron chi connectivity index (χ4n) is 2.74. The molecule has 0 bridgehead atoms. The number of carbonyl (C=O) groups is 1. The summed E-state index contributed by atoms with van der Waals surface area (Å²) in [6, 6.07) is 12.5. The lowest BCUT2D eigenvalue weighted by molar-refractivity contribution is -0.0498. The minimum absolute atomic E-state index is 0.0244. The molecule has 9 heteroatoms. The van der Waals surface area contributed by atoms with Crippen molar-refractivity contribution in [1.29, 1.82) is 0 Å². The van der Waals surface area contributed by atoms with Crippen molar-refractivity contribution in [2.75, 3.05) is 34.8 Å². The number of sulfone groups is 1. The van der Waals surface area contributed by atoms with Gasteiger partial charge in [-0.3, -0.25) is 4.79 Å². The van der Waals surface area contributed by atoms with Crippen LogP contribution < -0.4 is 15.0 Å². The Morgan fingerprint density at radius 3 is 2.37 bits per heavy atom. The smallest absolute Gasteiger partial charge is 0.387 e. The molecule has 1 fully saturated rings. The number of ether oxygens (including phenoxy) is 1. The third-order valence-electron chi connectivity index (χ3n) is 4.16. The van der Waals surface area contributed by atoms with Gasteiger partial charge in [0.15, 0.2) is 9.84 Å². The summed E-state index contributed by atoms with van der Waals surface area (Å²) >= 11 is 0. The van der Waals surface area contributed by atoms with Crippen LogP contribution in [0.4, 0.5) is 20.2 Å². The van der Waals surface area contributed by atoms with Crippen LogP contribution in [0.25, 0.3) is 0 Å². The highest BCUT2D eigenvalue weighted by atomic mass is 32.2. The third kappa shape index (κ3) is 5.16. The predicted octanol–water partition coefficient (Wildman–Crippen LogP) is 2.78. The van der Waals surface area contributed by atoms with Gasteiger partial charge >= 0.3 is 6.61 Å². The molecule has 2 aromatic carbocycles. The standard InChI is InChI=1S/C18H18F2N2O4S/c19-18(20)26-16-6-4-13(5-7-16)17(23)21-14-2-1-3-15(12-14)22-8-10-27(24,25)11-9-22/h1-7,12,18H,8-11H2,(H,21,23). The van der Waals surface area contributed by atoms with Crippen LogP contribution in [-0.2, 0) is 9.84 Å². The molecule has 1 heterocycles. The van der Waals surface area contributed by atoms with E-state index in [-0.39, 0.29) is 17.3 Å². The monoisotopic (exact) mass is 396 g/mol. The number of amides is 1. The second-order valence-electron chi connectivity index (χ2n) is 6.05. The number of hydrogen-bond acceptors (Lipinski definition) is 5. The van der Waals surface area contributed by atoms with Crippen molar-refractivity contribution in [2.24, 2.45) is 0 Å². The van der Waals surface area contributed by atoms with Gasteiger partial charge in [0, 0.05) is 30.0 Å². The van der Waals surface area contributed by atoms with E-state index in [1.165, 1.54) is 24.3 Å². The zero-order valence-electron chi connectivity index (χ0n) is 14.3. The van der Waals surface area contributed by atoms with Crippen molar-refractivity contribution in [3.8, 4) is 5.75 Å². The number of alkyl halides is 2. The molecule has 0 aromatic heterocycles. The fraction of sp³-hybridized carbons (Fsp3) is 0.278. The average molecular weight is 396 g/mol. The SMILES string of the molecule is O=C(Nc1cccc(N2CCS(=O)(=O)CC2)c1)c1ccc(OC(F)F)cc1. The first-order valence-electron chi connectivity index (χ1n) is 8.24. The van der Waals surface area contributed by atoms with Crippen molar-refractivity contribution in [1.82, 2.24) is 0 Å². The molecule has 27 heavy (non-hydrogen) atoms. The maximum absolute atomic E-state index is 12.3. The summed E-state index contributed by atoms with van der Waals surface area (Å²) in [7, 11) is -2.97. The normalized spacial score (nSPS) is 16.2. The Balaban J connectivity index is 1.66. The minimum Gasteiger partial charge on any atom is -0.435 e. The molecule has 1 saturated heterocycles. The van der Waals surface area contributed by atoms with Gasteiger partial charge in [0.2, 0.25) is 0 Å². The molecular weight excluding hydrogens is 378 g/mol. The fourth-order valence-corrected chi connectivity index (χ4v) is 3.94. The molecule has 0 atom stereocenters. The lowest BCUT2D eigenvalue weighted by Gasteiger charge is -2.29. The van der Waals surface area contributed by atoms with Crippen molar-refractivity contribution < 1.29 is 26.7 Å². The molecule has 2 aromatic rings. The third-order valence-corrected chi connectivity index (χ3v) is 5.76. The number of hydrogen-bond donors (Lipinski definition) is 1. The number of carbonyl (C=O) groups excluding carboxylic acids is 1. The molecule has 1 aliphatic rings. The number of nitrogens with one attached hydrogen (secondary N) is 1.